The van der Waals surface area contributed by atoms with Crippen LogP contribution in [0.4, 0.5) is 0 Å². The molecule has 67 heavy (non-hydrogen) atoms. The molecule has 0 saturated carbocycles. The molecular weight excluding hydrogens is 859 g/mol. The molecule has 0 aromatic rings. The molecule has 0 aromatic carbocycles. The van der Waals surface area contributed by atoms with E-state index in [0.29, 0.717) is 12.8 Å². The minimum atomic E-state index is -1.79. The van der Waals surface area contributed by atoms with Gasteiger partial charge in [-0.05, 0) is 44.9 Å². The van der Waals surface area contributed by atoms with Crippen LogP contribution in [-0.2, 0) is 23.7 Å². The van der Waals surface area contributed by atoms with Gasteiger partial charge in [-0.1, -0.05) is 185 Å². The van der Waals surface area contributed by atoms with Gasteiger partial charge in [0.2, 0.25) is 5.91 Å². The van der Waals surface area contributed by atoms with E-state index in [9.17, 15) is 45.6 Å². The lowest BCUT2D eigenvalue weighted by Gasteiger charge is -2.46. The molecule has 1 amide bonds. The normalized spacial score (nSPS) is 26.8. The van der Waals surface area contributed by atoms with Gasteiger partial charge >= 0.3 is 0 Å². The van der Waals surface area contributed by atoms with Gasteiger partial charge in [0.15, 0.2) is 12.6 Å². The zero-order valence-electron chi connectivity index (χ0n) is 41.6. The first kappa shape index (κ1) is 61.3. The molecule has 0 aliphatic carbocycles. The molecule has 0 radical (unpaired) electrons. The number of ether oxygens (including phenoxy) is 4. The van der Waals surface area contributed by atoms with E-state index in [1.807, 2.05) is 6.08 Å². The molecular formula is C53H97NO13. The smallest absolute Gasteiger partial charge is 0.220 e. The summed E-state index contributed by atoms with van der Waals surface area (Å²) in [5.74, 6) is -0.255. The van der Waals surface area contributed by atoms with Crippen LogP contribution in [0, 0.1) is 0 Å². The summed E-state index contributed by atoms with van der Waals surface area (Å²) in [6, 6.07) is -0.933. The lowest BCUT2D eigenvalue weighted by Crippen LogP contribution is -2.65. The number of allylic oxidation sites excluding steroid dienone is 5. The van der Waals surface area contributed by atoms with Gasteiger partial charge in [0.05, 0.1) is 32.0 Å². The van der Waals surface area contributed by atoms with Crippen molar-refractivity contribution in [3.63, 3.8) is 0 Å². The highest BCUT2D eigenvalue weighted by atomic mass is 16.7. The molecule has 392 valence electrons. The highest BCUT2D eigenvalue weighted by Crippen LogP contribution is 2.30. The molecule has 2 aliphatic heterocycles. The standard InChI is InChI=1S/C53H97NO13/c1-3-5-7-9-11-13-15-16-17-18-19-20-21-22-23-24-25-27-28-30-32-34-36-42(57)41(54-45(58)37-35-33-31-29-26-14-12-10-8-6-4-2)40-64-52-50(63)48(61)51(44(39-56)66-52)67-53-49(62)47(60)46(59)43(38-55)65-53/h22-23,27-28,34,36,41-44,46-53,55-57,59-63H,3-21,24-26,29-33,35,37-40H2,1-2H3,(H,54,58)/b23-22+,28-27+,36-34+. The Hall–Kier alpha value is -1.79. The molecule has 14 heteroatoms. The van der Waals surface area contributed by atoms with Crippen molar-refractivity contribution in [1.82, 2.24) is 5.32 Å². The number of hydrogen-bond acceptors (Lipinski definition) is 13. The zero-order valence-corrected chi connectivity index (χ0v) is 41.6. The quantitative estimate of drug-likeness (QED) is 0.0214. The van der Waals surface area contributed by atoms with Crippen molar-refractivity contribution in [2.75, 3.05) is 19.8 Å². The zero-order chi connectivity index (χ0) is 48.9. The summed E-state index contributed by atoms with van der Waals surface area (Å²) < 4.78 is 22.7. The number of hydrogen-bond donors (Lipinski definition) is 9. The van der Waals surface area contributed by atoms with Gasteiger partial charge in [-0.15, -0.1) is 0 Å². The largest absolute Gasteiger partial charge is 0.394 e. The second kappa shape index (κ2) is 39.9. The first-order valence-electron chi connectivity index (χ1n) is 26.7. The highest BCUT2D eigenvalue weighted by Gasteiger charge is 2.51. The lowest BCUT2D eigenvalue weighted by atomic mass is 9.97. The van der Waals surface area contributed by atoms with E-state index in [2.05, 4.69) is 43.5 Å². The summed E-state index contributed by atoms with van der Waals surface area (Å²) in [5, 5.41) is 86.7. The Balaban J connectivity index is 1.83. The summed E-state index contributed by atoms with van der Waals surface area (Å²) in [4.78, 5) is 13.1. The van der Waals surface area contributed by atoms with Gasteiger partial charge in [0.1, 0.15) is 48.8 Å². The lowest BCUT2D eigenvalue weighted by molar-refractivity contribution is -0.359. The fourth-order valence-corrected chi connectivity index (χ4v) is 8.68. The van der Waals surface area contributed by atoms with Crippen molar-refractivity contribution >= 4 is 5.91 Å². The van der Waals surface area contributed by atoms with E-state index in [-0.39, 0.29) is 18.9 Å². The first-order valence-corrected chi connectivity index (χ1v) is 26.7. The number of aliphatic hydroxyl groups excluding tert-OH is 8. The van der Waals surface area contributed by atoms with Crippen LogP contribution >= 0.6 is 0 Å². The molecule has 2 fully saturated rings. The van der Waals surface area contributed by atoms with Crippen molar-refractivity contribution in [3.05, 3.63) is 36.5 Å². The maximum atomic E-state index is 13.1. The number of aliphatic hydroxyl groups is 8. The Labute approximate surface area is 404 Å². The van der Waals surface area contributed by atoms with E-state index >= 15 is 0 Å². The fourth-order valence-electron chi connectivity index (χ4n) is 8.68. The SMILES string of the molecule is CCCCCCCCCCCCCC/C=C/CC/C=C/CC/C=C/C(O)C(COC1OC(CO)C(OC2OC(CO)C(O)C(O)C2O)C(O)C1O)NC(=O)CCCCCCCCCCCCC. The topological polar surface area (TPSA) is 228 Å². The maximum Gasteiger partial charge on any atom is 0.220 e. The number of amides is 1. The molecule has 2 heterocycles. The molecule has 2 saturated heterocycles. The van der Waals surface area contributed by atoms with Crippen LogP contribution < -0.4 is 5.32 Å². The Bertz CT molecular complexity index is 1270. The van der Waals surface area contributed by atoms with Gasteiger partial charge in [-0.2, -0.15) is 0 Å². The average molecular weight is 956 g/mol. The molecule has 0 bridgehead atoms. The molecule has 0 spiro atoms. The maximum absolute atomic E-state index is 13.1. The average Bonchev–Trinajstić information content (AvgIpc) is 3.32. The van der Waals surface area contributed by atoms with Crippen LogP contribution in [0.1, 0.15) is 200 Å². The second-order valence-corrected chi connectivity index (χ2v) is 19.0. The number of carbonyl (C=O) groups is 1. The van der Waals surface area contributed by atoms with Gasteiger partial charge in [0, 0.05) is 6.42 Å². The molecule has 12 unspecified atom stereocenters. The van der Waals surface area contributed by atoms with Gasteiger partial charge in [0.25, 0.3) is 0 Å². The predicted octanol–water partition coefficient (Wildman–Crippen LogP) is 7.49. The molecule has 14 nitrogen and oxygen atoms in total. The van der Waals surface area contributed by atoms with E-state index in [1.54, 1.807) is 6.08 Å². The third-order valence-corrected chi connectivity index (χ3v) is 13.1. The van der Waals surface area contributed by atoms with E-state index in [4.69, 9.17) is 18.9 Å². The summed E-state index contributed by atoms with van der Waals surface area (Å²) in [6.45, 7) is 2.75. The second-order valence-electron chi connectivity index (χ2n) is 19.0. The van der Waals surface area contributed by atoms with Crippen LogP contribution in [0.2, 0.25) is 0 Å². The number of unbranched alkanes of at least 4 members (excludes halogenated alkanes) is 24. The van der Waals surface area contributed by atoms with Crippen LogP contribution in [-0.4, -0.2) is 140 Å². The highest BCUT2D eigenvalue weighted by molar-refractivity contribution is 5.76. The predicted molar refractivity (Wildman–Crippen MR) is 263 cm³/mol. The van der Waals surface area contributed by atoms with Crippen LogP contribution in [0.3, 0.4) is 0 Å². The Morgan fingerprint density at radius 2 is 0.955 bits per heavy atom. The van der Waals surface area contributed by atoms with Crippen LogP contribution in [0.15, 0.2) is 36.5 Å². The fraction of sp³-hybridized carbons (Fsp3) is 0.868. The molecule has 2 rings (SSSR count). The Kier molecular flexibility index (Phi) is 36.5. The summed E-state index contributed by atoms with van der Waals surface area (Å²) >= 11 is 0. The van der Waals surface area contributed by atoms with Gasteiger partial charge < -0.3 is 65.1 Å². The molecule has 2 aliphatic rings. The summed E-state index contributed by atoms with van der Waals surface area (Å²) in [5.41, 5.74) is 0. The third-order valence-electron chi connectivity index (χ3n) is 13.1. The minimum absolute atomic E-state index is 0.255. The molecule has 9 N–H and O–H groups in total. The minimum Gasteiger partial charge on any atom is -0.394 e. The number of carbonyl (C=O) groups excluding carboxylic acids is 1. The number of nitrogens with one attached hydrogen (secondary N) is 1. The van der Waals surface area contributed by atoms with Crippen molar-refractivity contribution in [2.24, 2.45) is 0 Å². The molecule has 12 atom stereocenters. The molecule has 0 aromatic heterocycles. The third kappa shape index (κ3) is 26.8. The van der Waals surface area contributed by atoms with Crippen molar-refractivity contribution in [3.8, 4) is 0 Å². The van der Waals surface area contributed by atoms with Gasteiger partial charge in [-0.25, -0.2) is 0 Å². The van der Waals surface area contributed by atoms with Crippen molar-refractivity contribution in [2.45, 2.75) is 274 Å². The number of rotatable bonds is 41. The van der Waals surface area contributed by atoms with Crippen LogP contribution in [0.5, 0.6) is 0 Å². The summed E-state index contributed by atoms with van der Waals surface area (Å²) in [6.07, 6.45) is 29.1. The van der Waals surface area contributed by atoms with Crippen molar-refractivity contribution < 1.29 is 64.6 Å². The Morgan fingerprint density at radius 1 is 0.522 bits per heavy atom. The van der Waals surface area contributed by atoms with E-state index < -0.39 is 86.8 Å². The Morgan fingerprint density at radius 3 is 1.46 bits per heavy atom. The van der Waals surface area contributed by atoms with Gasteiger partial charge in [-0.3, -0.25) is 4.79 Å². The monoisotopic (exact) mass is 956 g/mol. The van der Waals surface area contributed by atoms with E-state index in [1.165, 1.54) is 122 Å². The van der Waals surface area contributed by atoms with Crippen molar-refractivity contribution in [1.29, 1.82) is 0 Å². The van der Waals surface area contributed by atoms with Crippen LogP contribution in [0.25, 0.3) is 0 Å². The van der Waals surface area contributed by atoms with E-state index in [0.717, 1.165) is 44.9 Å². The first-order chi connectivity index (χ1) is 32.6. The summed E-state index contributed by atoms with van der Waals surface area (Å²) in [7, 11) is 0.